The summed E-state index contributed by atoms with van der Waals surface area (Å²) < 4.78 is 6.62. The highest BCUT2D eigenvalue weighted by molar-refractivity contribution is 6.04. The van der Waals surface area contributed by atoms with Gasteiger partial charge >= 0.3 is 0 Å². The Labute approximate surface area is 217 Å². The normalized spacial score (nSPS) is 30.8. The monoisotopic (exact) mass is 505 g/mol. The van der Waals surface area contributed by atoms with Gasteiger partial charge in [-0.15, -0.1) is 0 Å². The Balaban J connectivity index is 1.49. The average Bonchev–Trinajstić information content (AvgIpc) is 3.45. The molecule has 196 valence electrons. The number of carbonyl (C=O) groups excluding carboxylic acids is 3. The van der Waals surface area contributed by atoms with Crippen molar-refractivity contribution in [2.24, 2.45) is 11.8 Å². The van der Waals surface area contributed by atoms with Crippen molar-refractivity contribution in [1.29, 1.82) is 0 Å². The fourth-order valence-corrected chi connectivity index (χ4v) is 6.72. The van der Waals surface area contributed by atoms with Gasteiger partial charge in [0.25, 0.3) is 0 Å². The van der Waals surface area contributed by atoms with Gasteiger partial charge in [0.1, 0.15) is 11.6 Å². The molecule has 5 rings (SSSR count). The molecule has 8 nitrogen and oxygen atoms in total. The number of aryl methyl sites for hydroxylation is 2. The third-order valence-electron chi connectivity index (χ3n) is 8.52. The minimum Gasteiger partial charge on any atom is -0.394 e. The molecular formula is C29H35N3O5. The van der Waals surface area contributed by atoms with Crippen molar-refractivity contribution in [2.75, 3.05) is 11.9 Å². The van der Waals surface area contributed by atoms with Crippen molar-refractivity contribution in [1.82, 2.24) is 10.2 Å². The maximum Gasteiger partial charge on any atom is 0.250 e. The van der Waals surface area contributed by atoms with Crippen molar-refractivity contribution in [3.05, 3.63) is 65.2 Å². The highest BCUT2D eigenvalue weighted by Crippen LogP contribution is 2.63. The zero-order chi connectivity index (χ0) is 26.5. The largest absolute Gasteiger partial charge is 0.394 e. The first-order valence-electron chi connectivity index (χ1n) is 12.9. The van der Waals surface area contributed by atoms with E-state index in [1.807, 2.05) is 69.3 Å². The second-order valence-electron chi connectivity index (χ2n) is 11.0. The summed E-state index contributed by atoms with van der Waals surface area (Å²) in [5, 5.41) is 16.1. The van der Waals surface area contributed by atoms with Gasteiger partial charge in [0, 0.05) is 12.2 Å². The van der Waals surface area contributed by atoms with E-state index < -0.39 is 35.1 Å². The number of para-hydroxylation sites is 1. The number of aliphatic hydroxyl groups excluding tert-OH is 1. The smallest absolute Gasteiger partial charge is 0.250 e. The summed E-state index contributed by atoms with van der Waals surface area (Å²) in [4.78, 5) is 43.0. The third-order valence-corrected chi connectivity index (χ3v) is 8.52. The van der Waals surface area contributed by atoms with Gasteiger partial charge in [0.2, 0.25) is 17.7 Å². The number of nitrogens with one attached hydrogen (secondary N) is 2. The quantitative estimate of drug-likeness (QED) is 0.536. The lowest BCUT2D eigenvalue weighted by Gasteiger charge is -2.36. The van der Waals surface area contributed by atoms with Gasteiger partial charge in [-0.05, 0) is 57.2 Å². The van der Waals surface area contributed by atoms with Crippen molar-refractivity contribution < 1.29 is 24.2 Å². The van der Waals surface area contributed by atoms with E-state index in [2.05, 4.69) is 10.6 Å². The Morgan fingerprint density at radius 3 is 2.41 bits per heavy atom. The molecule has 0 radical (unpaired) electrons. The number of amides is 3. The summed E-state index contributed by atoms with van der Waals surface area (Å²) in [5.74, 6) is -2.46. The van der Waals surface area contributed by atoms with Crippen LogP contribution in [-0.4, -0.2) is 57.6 Å². The van der Waals surface area contributed by atoms with Gasteiger partial charge in [-0.1, -0.05) is 48.5 Å². The number of carbonyl (C=O) groups is 3. The molecule has 0 saturated carbocycles. The van der Waals surface area contributed by atoms with E-state index in [4.69, 9.17) is 4.74 Å². The first-order chi connectivity index (χ1) is 17.6. The summed E-state index contributed by atoms with van der Waals surface area (Å²) in [6, 6.07) is 13.8. The van der Waals surface area contributed by atoms with E-state index in [1.165, 1.54) is 4.90 Å². The highest BCUT2D eigenvalue weighted by Gasteiger charge is 2.78. The van der Waals surface area contributed by atoms with Gasteiger partial charge in [0.15, 0.2) is 0 Å². The zero-order valence-corrected chi connectivity index (χ0v) is 21.8. The Morgan fingerprint density at radius 1 is 1.08 bits per heavy atom. The van der Waals surface area contributed by atoms with Crippen LogP contribution in [0.3, 0.4) is 0 Å². The molecule has 8 heteroatoms. The van der Waals surface area contributed by atoms with Gasteiger partial charge in [-0.2, -0.15) is 0 Å². The Hall–Kier alpha value is -3.23. The van der Waals surface area contributed by atoms with E-state index in [1.54, 1.807) is 6.92 Å². The number of likely N-dealkylation sites (tertiary alicyclic amines) is 1. The molecule has 3 fully saturated rings. The molecule has 3 heterocycles. The van der Waals surface area contributed by atoms with Crippen molar-refractivity contribution >= 4 is 23.4 Å². The number of fused-ring (bicyclic) bond motifs is 1. The average molecular weight is 506 g/mol. The molecule has 0 aliphatic carbocycles. The van der Waals surface area contributed by atoms with Crippen LogP contribution in [0.2, 0.25) is 0 Å². The van der Waals surface area contributed by atoms with E-state index in [-0.39, 0.29) is 24.3 Å². The molecule has 3 aliphatic heterocycles. The molecule has 3 N–H and O–H groups in total. The molecule has 2 aromatic rings. The first kappa shape index (κ1) is 25.4. The summed E-state index contributed by atoms with van der Waals surface area (Å²) >= 11 is 0. The number of anilines is 1. The van der Waals surface area contributed by atoms with Crippen molar-refractivity contribution in [3.63, 3.8) is 0 Å². The predicted molar refractivity (Wildman–Crippen MR) is 138 cm³/mol. The van der Waals surface area contributed by atoms with E-state index in [0.717, 1.165) is 16.7 Å². The van der Waals surface area contributed by atoms with Crippen LogP contribution in [0.4, 0.5) is 5.69 Å². The number of ether oxygens (including phenoxy) is 1. The molecule has 3 saturated heterocycles. The highest BCUT2D eigenvalue weighted by atomic mass is 16.5. The summed E-state index contributed by atoms with van der Waals surface area (Å²) in [6.07, 6.45) is 1.05. The standard InChI is InChI=1S/C29H35N3O5/c1-17-9-8-10-18(2)23(17)31-26(35)24-29-14-13-28(4,37-29)21(22(29)27(36)32(24)19(3)16-33)25(34)30-15-20-11-6-5-7-12-20/h5-12,19,21-22,24,33H,13-16H2,1-4H3,(H,30,34)(H,31,35)/t19-,21-,22+,24?,28+,29?/m1/s1. The number of benzene rings is 2. The molecule has 0 aromatic heterocycles. The van der Waals surface area contributed by atoms with Crippen LogP contribution in [0.25, 0.3) is 0 Å². The second-order valence-corrected chi connectivity index (χ2v) is 11.0. The molecule has 2 bridgehead atoms. The molecule has 1 spiro atoms. The summed E-state index contributed by atoms with van der Waals surface area (Å²) in [5.41, 5.74) is 1.49. The van der Waals surface area contributed by atoms with Crippen LogP contribution in [-0.2, 0) is 25.7 Å². The number of rotatable bonds is 7. The maximum absolute atomic E-state index is 14.0. The third kappa shape index (κ3) is 3.94. The maximum atomic E-state index is 14.0. The van der Waals surface area contributed by atoms with Crippen LogP contribution in [0.1, 0.15) is 43.4 Å². The van der Waals surface area contributed by atoms with E-state index >= 15 is 0 Å². The lowest BCUT2D eigenvalue weighted by Crippen LogP contribution is -2.56. The fraction of sp³-hybridized carbons (Fsp3) is 0.483. The van der Waals surface area contributed by atoms with Crippen LogP contribution in [0.5, 0.6) is 0 Å². The number of hydrogen-bond acceptors (Lipinski definition) is 5. The van der Waals surface area contributed by atoms with Crippen LogP contribution in [0, 0.1) is 25.7 Å². The van der Waals surface area contributed by atoms with Crippen molar-refractivity contribution in [2.45, 2.75) is 70.4 Å². The topological polar surface area (TPSA) is 108 Å². The molecular weight excluding hydrogens is 470 g/mol. The first-order valence-corrected chi connectivity index (χ1v) is 12.9. The lowest BCUT2D eigenvalue weighted by atomic mass is 9.66. The lowest BCUT2D eigenvalue weighted by molar-refractivity contribution is -0.147. The van der Waals surface area contributed by atoms with Crippen LogP contribution in [0.15, 0.2) is 48.5 Å². The number of nitrogens with zero attached hydrogens (tertiary/aromatic N) is 1. The van der Waals surface area contributed by atoms with E-state index in [9.17, 15) is 19.5 Å². The van der Waals surface area contributed by atoms with Crippen molar-refractivity contribution in [3.8, 4) is 0 Å². The zero-order valence-electron chi connectivity index (χ0n) is 21.8. The minimum absolute atomic E-state index is 0.251. The molecule has 2 unspecified atom stereocenters. The Morgan fingerprint density at radius 2 is 1.76 bits per heavy atom. The van der Waals surface area contributed by atoms with E-state index in [0.29, 0.717) is 25.1 Å². The number of hydrogen-bond donors (Lipinski definition) is 3. The predicted octanol–water partition coefficient (Wildman–Crippen LogP) is 2.70. The van der Waals surface area contributed by atoms with Gasteiger partial charge in [-0.25, -0.2) is 0 Å². The number of aliphatic hydroxyl groups is 1. The van der Waals surface area contributed by atoms with Gasteiger partial charge in [0.05, 0.1) is 30.1 Å². The molecule has 3 amide bonds. The Kier molecular flexibility index (Phi) is 6.36. The Bertz CT molecular complexity index is 1210. The molecule has 6 atom stereocenters. The second kappa shape index (κ2) is 9.26. The minimum atomic E-state index is -1.13. The van der Waals surface area contributed by atoms with Crippen LogP contribution >= 0.6 is 0 Å². The molecule has 2 aromatic carbocycles. The van der Waals surface area contributed by atoms with Gasteiger partial charge in [-0.3, -0.25) is 14.4 Å². The summed E-state index contributed by atoms with van der Waals surface area (Å²) in [6.45, 7) is 7.47. The SMILES string of the molecule is Cc1cccc(C)c1NC(=O)C1N([C@H](C)CO)C(=O)[C@@H]2[C@H](C(=O)NCc3ccccc3)[C@]3(C)CCC12O3. The fourth-order valence-electron chi connectivity index (χ4n) is 6.72. The molecule has 3 aliphatic rings. The summed E-state index contributed by atoms with van der Waals surface area (Å²) in [7, 11) is 0. The molecule has 37 heavy (non-hydrogen) atoms. The van der Waals surface area contributed by atoms with Crippen LogP contribution < -0.4 is 10.6 Å². The van der Waals surface area contributed by atoms with Gasteiger partial charge < -0.3 is 25.4 Å².